The molecule has 0 bridgehead atoms. The summed E-state index contributed by atoms with van der Waals surface area (Å²) in [7, 11) is -4.10. The van der Waals surface area contributed by atoms with E-state index in [-0.39, 0.29) is 13.2 Å². The van der Waals surface area contributed by atoms with Gasteiger partial charge in [0.25, 0.3) is 0 Å². The van der Waals surface area contributed by atoms with Gasteiger partial charge < -0.3 is 14.4 Å². The quantitative estimate of drug-likeness (QED) is 0.0571. The molecule has 0 fully saturated rings. The summed E-state index contributed by atoms with van der Waals surface area (Å²) in [5.41, 5.74) is 1.03. The normalized spacial score (nSPS) is 14.0. The van der Waals surface area contributed by atoms with Gasteiger partial charge in [-0.3, -0.25) is 9.05 Å². The summed E-state index contributed by atoms with van der Waals surface area (Å²) in [4.78, 5) is 9.80. The summed E-state index contributed by atoms with van der Waals surface area (Å²) in [5, 5.41) is 0.456. The van der Waals surface area contributed by atoms with Crippen molar-refractivity contribution in [3.8, 4) is 0 Å². The first kappa shape index (κ1) is 35.8. The Morgan fingerprint density at radius 3 is 1.79 bits per heavy atom. The van der Waals surface area contributed by atoms with E-state index in [0.717, 1.165) is 18.4 Å². The number of unbranched alkanes of at least 4 members (excludes halogenated alkanes) is 15. The molecule has 2 atom stereocenters. The number of halogens is 1. The van der Waals surface area contributed by atoms with Crippen LogP contribution in [0, 0.1) is 0 Å². The number of hydrogen-bond acceptors (Lipinski definition) is 5. The fourth-order valence-corrected chi connectivity index (χ4v) is 5.43. The van der Waals surface area contributed by atoms with Crippen LogP contribution in [0.25, 0.3) is 0 Å². The third-order valence-electron chi connectivity index (χ3n) is 6.53. The number of ether oxygens (including phenoxy) is 2. The maximum absolute atomic E-state index is 12.0. The molecule has 38 heavy (non-hydrogen) atoms. The van der Waals surface area contributed by atoms with Crippen LogP contribution in [0.4, 0.5) is 0 Å². The zero-order valence-electron chi connectivity index (χ0n) is 23.8. The average molecular weight is 622 g/mol. The zero-order chi connectivity index (χ0) is 27.6. The second-order valence-corrected chi connectivity index (χ2v) is 12.3. The van der Waals surface area contributed by atoms with E-state index in [1.165, 1.54) is 89.9 Å². The van der Waals surface area contributed by atoms with Crippen LogP contribution in [0.2, 0.25) is 0 Å². The standard InChI is InChI=1S/C30H54BrO6P/c1-2-3-4-5-6-7-8-9-10-11-12-13-14-15-16-20-24-34-27-30(28-37-38(32,33)36-25-23-31)35-26-29-21-18-17-19-22-29/h17-19,21-22,30H,2-16,20,23-28H2,1H3,(H,32,33)/t30-/m0/s1. The van der Waals surface area contributed by atoms with Crippen molar-refractivity contribution >= 4 is 23.8 Å². The Bertz CT molecular complexity index is 678. The Morgan fingerprint density at radius 2 is 1.26 bits per heavy atom. The lowest BCUT2D eigenvalue weighted by Crippen LogP contribution is -2.25. The number of benzene rings is 1. The number of phosphoric acid groups is 1. The van der Waals surface area contributed by atoms with Crippen molar-refractivity contribution in [3.05, 3.63) is 35.9 Å². The zero-order valence-corrected chi connectivity index (χ0v) is 26.3. The molecule has 0 aliphatic heterocycles. The van der Waals surface area contributed by atoms with E-state index in [9.17, 15) is 9.46 Å². The number of rotatable bonds is 28. The lowest BCUT2D eigenvalue weighted by Gasteiger charge is -2.20. The molecule has 1 N–H and O–H groups in total. The molecule has 0 heterocycles. The highest BCUT2D eigenvalue weighted by Gasteiger charge is 2.23. The fraction of sp³-hybridized carbons (Fsp3) is 0.800. The van der Waals surface area contributed by atoms with E-state index in [2.05, 4.69) is 22.9 Å². The van der Waals surface area contributed by atoms with Gasteiger partial charge in [0, 0.05) is 11.9 Å². The Morgan fingerprint density at radius 1 is 0.737 bits per heavy atom. The number of phosphoric ester groups is 1. The lowest BCUT2D eigenvalue weighted by atomic mass is 10.0. The molecule has 0 saturated carbocycles. The van der Waals surface area contributed by atoms with Gasteiger partial charge in [-0.05, 0) is 12.0 Å². The largest absolute Gasteiger partial charge is 0.472 e. The fourth-order valence-electron chi connectivity index (χ4n) is 4.26. The summed E-state index contributed by atoms with van der Waals surface area (Å²) in [6.45, 7) is 3.65. The first-order valence-corrected chi connectivity index (χ1v) is 17.6. The highest BCUT2D eigenvalue weighted by Crippen LogP contribution is 2.43. The molecule has 0 saturated heterocycles. The molecule has 0 spiro atoms. The van der Waals surface area contributed by atoms with Crippen LogP contribution in [0.3, 0.4) is 0 Å². The molecule has 1 aromatic rings. The minimum Gasteiger partial charge on any atom is -0.379 e. The van der Waals surface area contributed by atoms with Crippen molar-refractivity contribution in [1.29, 1.82) is 0 Å². The smallest absolute Gasteiger partial charge is 0.379 e. The predicted octanol–water partition coefficient (Wildman–Crippen LogP) is 9.38. The van der Waals surface area contributed by atoms with E-state index in [0.29, 0.717) is 25.2 Å². The predicted molar refractivity (Wildman–Crippen MR) is 161 cm³/mol. The Kier molecular flexibility index (Phi) is 24.2. The average Bonchev–Trinajstić information content (AvgIpc) is 2.93. The summed E-state index contributed by atoms with van der Waals surface area (Å²) >= 11 is 3.17. The first-order valence-electron chi connectivity index (χ1n) is 15.0. The SMILES string of the molecule is CCCCCCCCCCCCCCCCCCOC[C@@H](COP(=O)(O)OCCBr)OCc1ccccc1. The van der Waals surface area contributed by atoms with Crippen LogP contribution in [0.15, 0.2) is 30.3 Å². The van der Waals surface area contributed by atoms with Crippen LogP contribution < -0.4 is 0 Å². The van der Waals surface area contributed by atoms with Crippen LogP contribution in [-0.2, 0) is 29.7 Å². The van der Waals surface area contributed by atoms with Crippen molar-refractivity contribution < 1.29 is 28.0 Å². The van der Waals surface area contributed by atoms with Crippen LogP contribution in [0.5, 0.6) is 0 Å². The topological polar surface area (TPSA) is 74.2 Å². The van der Waals surface area contributed by atoms with Gasteiger partial charge in [-0.25, -0.2) is 4.57 Å². The molecule has 0 aromatic heterocycles. The molecule has 0 aliphatic rings. The van der Waals surface area contributed by atoms with E-state index in [1.54, 1.807) is 0 Å². The molecule has 0 aliphatic carbocycles. The third kappa shape index (κ3) is 22.5. The second kappa shape index (κ2) is 25.7. The number of hydrogen-bond donors (Lipinski definition) is 1. The Hall–Kier alpha value is -0.270. The molecule has 1 unspecified atom stereocenters. The van der Waals surface area contributed by atoms with Crippen molar-refractivity contribution in [3.63, 3.8) is 0 Å². The molecule has 1 aromatic carbocycles. The first-order chi connectivity index (χ1) is 18.6. The maximum Gasteiger partial charge on any atom is 0.472 e. The second-order valence-electron chi connectivity index (χ2n) is 10.1. The molecular weight excluding hydrogens is 567 g/mol. The monoisotopic (exact) mass is 620 g/mol. The van der Waals surface area contributed by atoms with Crippen LogP contribution >= 0.6 is 23.8 Å². The van der Waals surface area contributed by atoms with Crippen molar-refractivity contribution in [2.45, 2.75) is 122 Å². The van der Waals surface area contributed by atoms with Gasteiger partial charge in [0.1, 0.15) is 6.10 Å². The van der Waals surface area contributed by atoms with E-state index in [4.69, 9.17) is 18.5 Å². The van der Waals surface area contributed by atoms with Gasteiger partial charge in [-0.15, -0.1) is 0 Å². The minimum absolute atomic E-state index is 0.0676. The molecule has 0 amide bonds. The van der Waals surface area contributed by atoms with Crippen LogP contribution in [-0.4, -0.2) is 42.8 Å². The highest BCUT2D eigenvalue weighted by atomic mass is 79.9. The van der Waals surface area contributed by atoms with Gasteiger partial charge in [-0.1, -0.05) is 149 Å². The summed E-state index contributed by atoms with van der Waals surface area (Å²) in [6, 6.07) is 9.81. The van der Waals surface area contributed by atoms with E-state index >= 15 is 0 Å². The van der Waals surface area contributed by atoms with Crippen LogP contribution in [0.1, 0.15) is 115 Å². The minimum atomic E-state index is -4.10. The molecule has 222 valence electrons. The van der Waals surface area contributed by atoms with Gasteiger partial charge in [0.2, 0.25) is 0 Å². The van der Waals surface area contributed by atoms with Crippen molar-refractivity contribution in [2.24, 2.45) is 0 Å². The summed E-state index contributed by atoms with van der Waals surface area (Å²) < 4.78 is 33.7. The Balaban J connectivity index is 2.06. The van der Waals surface area contributed by atoms with Gasteiger partial charge in [0.05, 0.1) is 26.4 Å². The maximum atomic E-state index is 12.0. The summed E-state index contributed by atoms with van der Waals surface area (Å²) in [6.07, 6.45) is 21.0. The molecule has 0 radical (unpaired) electrons. The van der Waals surface area contributed by atoms with Gasteiger partial charge in [0.15, 0.2) is 0 Å². The number of alkyl halides is 1. The molecule has 1 rings (SSSR count). The molecule has 8 heteroatoms. The van der Waals surface area contributed by atoms with Gasteiger partial charge in [-0.2, -0.15) is 0 Å². The molecular formula is C30H54BrO6P. The van der Waals surface area contributed by atoms with Gasteiger partial charge >= 0.3 is 7.82 Å². The van der Waals surface area contributed by atoms with E-state index < -0.39 is 13.9 Å². The third-order valence-corrected chi connectivity index (χ3v) is 7.84. The van der Waals surface area contributed by atoms with E-state index in [1.807, 2.05) is 30.3 Å². The van der Waals surface area contributed by atoms with Crippen molar-refractivity contribution in [2.75, 3.05) is 31.8 Å². The van der Waals surface area contributed by atoms with Crippen molar-refractivity contribution in [1.82, 2.24) is 0 Å². The summed E-state index contributed by atoms with van der Waals surface area (Å²) in [5.74, 6) is 0. The lowest BCUT2D eigenvalue weighted by molar-refractivity contribution is -0.0504. The Labute approximate surface area is 241 Å². The highest BCUT2D eigenvalue weighted by molar-refractivity contribution is 9.09. The molecule has 6 nitrogen and oxygen atoms in total.